The zero-order chi connectivity index (χ0) is 23.3. The molecule has 32 heavy (non-hydrogen) atoms. The molecule has 0 aliphatic carbocycles. The molecule has 11 heteroatoms. The number of nitrogens with zero attached hydrogens (tertiary/aromatic N) is 2. The Morgan fingerprint density at radius 1 is 1.38 bits per heavy atom. The second kappa shape index (κ2) is 8.43. The maximum atomic E-state index is 13.1. The van der Waals surface area contributed by atoms with Gasteiger partial charge in [0.2, 0.25) is 5.91 Å². The summed E-state index contributed by atoms with van der Waals surface area (Å²) in [5.41, 5.74) is 0.197. The zero-order valence-corrected chi connectivity index (χ0v) is 19.2. The zero-order valence-electron chi connectivity index (χ0n) is 18.4. The highest BCUT2D eigenvalue weighted by Gasteiger charge is 2.60. The summed E-state index contributed by atoms with van der Waals surface area (Å²) in [6.45, 7) is 8.00. The molecule has 1 amide bonds. The van der Waals surface area contributed by atoms with E-state index in [0.29, 0.717) is 12.4 Å². The minimum absolute atomic E-state index is 0.116. The molecule has 0 bridgehead atoms. The van der Waals surface area contributed by atoms with Gasteiger partial charge in [0.1, 0.15) is 5.70 Å². The van der Waals surface area contributed by atoms with Crippen molar-refractivity contribution < 1.29 is 28.3 Å². The van der Waals surface area contributed by atoms with Crippen LogP contribution in [0.15, 0.2) is 24.2 Å². The van der Waals surface area contributed by atoms with Gasteiger partial charge in [0.25, 0.3) is 0 Å². The molecule has 0 spiro atoms. The van der Waals surface area contributed by atoms with Gasteiger partial charge in [-0.05, 0) is 27.2 Å². The van der Waals surface area contributed by atoms with E-state index in [2.05, 4.69) is 0 Å². The lowest BCUT2D eigenvalue weighted by molar-refractivity contribution is -0.164. The molecule has 174 valence electrons. The number of ether oxygens (including phenoxy) is 1. The van der Waals surface area contributed by atoms with E-state index in [9.17, 15) is 19.5 Å². The number of carbonyl (C=O) groups is 2. The highest BCUT2D eigenvalue weighted by atomic mass is 32.2. The summed E-state index contributed by atoms with van der Waals surface area (Å²) < 4.78 is 15.1. The fraction of sp³-hybridized carbons (Fsp3) is 0.619. The maximum absolute atomic E-state index is 13.1. The lowest BCUT2D eigenvalue weighted by Crippen LogP contribution is -2.63. The van der Waals surface area contributed by atoms with E-state index in [1.165, 1.54) is 11.8 Å². The van der Waals surface area contributed by atoms with Gasteiger partial charge < -0.3 is 28.5 Å². The number of aliphatic hydroxyl groups excluding tert-OH is 1. The molecule has 5 atom stereocenters. The van der Waals surface area contributed by atoms with Crippen molar-refractivity contribution in [2.45, 2.75) is 58.1 Å². The van der Waals surface area contributed by atoms with Gasteiger partial charge in [-0.2, -0.15) is 0 Å². The van der Waals surface area contributed by atoms with Crippen LogP contribution in [0.25, 0.3) is 0 Å². The standard InChI is InChI=1S/C21H27N3O7S/c1-9-16-15(10(2)25)19(26)24(16)17(18(9)32-13-5-6-23(7-13)12(4)22)20(27)29-8-14-11(3)30-21(28)31-14/h9-10,13,15-16,22,25H,5-8H2,1-4H3/t9?,10?,13?,15?,16-/m1/s1. The molecule has 3 aliphatic heterocycles. The van der Waals surface area contributed by atoms with Crippen LogP contribution in [-0.4, -0.2) is 63.1 Å². The van der Waals surface area contributed by atoms with Crippen LogP contribution in [-0.2, 0) is 20.9 Å². The molecule has 3 aliphatic rings. The number of aliphatic hydroxyl groups is 1. The van der Waals surface area contributed by atoms with Gasteiger partial charge in [0, 0.05) is 29.2 Å². The number of hydrogen-bond donors (Lipinski definition) is 2. The van der Waals surface area contributed by atoms with Gasteiger partial charge in [-0.3, -0.25) is 10.2 Å². The van der Waals surface area contributed by atoms with Crippen LogP contribution in [0.2, 0.25) is 0 Å². The number of likely N-dealkylation sites (tertiary alicyclic amines) is 1. The predicted molar refractivity (Wildman–Crippen MR) is 115 cm³/mol. The minimum Gasteiger partial charge on any atom is -0.453 e. The topological polar surface area (TPSA) is 137 Å². The number of β-lactam (4-membered cyclic amide) rings is 1. The van der Waals surface area contributed by atoms with Crippen LogP contribution < -0.4 is 5.82 Å². The van der Waals surface area contributed by atoms with Crippen molar-refractivity contribution in [1.82, 2.24) is 9.80 Å². The second-order valence-electron chi connectivity index (χ2n) is 8.54. The lowest BCUT2D eigenvalue weighted by atomic mass is 9.79. The molecule has 4 unspecified atom stereocenters. The summed E-state index contributed by atoms with van der Waals surface area (Å²) in [5, 5.41) is 18.1. The highest BCUT2D eigenvalue weighted by molar-refractivity contribution is 8.03. The summed E-state index contributed by atoms with van der Waals surface area (Å²) in [5.74, 6) is -1.70. The predicted octanol–water partition coefficient (Wildman–Crippen LogP) is 1.46. The third-order valence-corrected chi connectivity index (χ3v) is 7.92. The van der Waals surface area contributed by atoms with Crippen LogP contribution in [0.3, 0.4) is 0 Å². The number of amidine groups is 1. The van der Waals surface area contributed by atoms with Crippen molar-refractivity contribution in [2.75, 3.05) is 13.1 Å². The number of fused-ring (bicyclic) bond motifs is 1. The average molecular weight is 466 g/mol. The third kappa shape index (κ3) is 3.77. The van der Waals surface area contributed by atoms with Gasteiger partial charge in [-0.15, -0.1) is 11.8 Å². The molecule has 2 fully saturated rings. The van der Waals surface area contributed by atoms with E-state index >= 15 is 0 Å². The van der Waals surface area contributed by atoms with E-state index in [0.717, 1.165) is 17.9 Å². The first-order valence-corrected chi connectivity index (χ1v) is 11.5. The number of carbonyl (C=O) groups excluding carboxylic acids is 2. The fourth-order valence-electron chi connectivity index (χ4n) is 4.68. The molecule has 0 radical (unpaired) electrons. The van der Waals surface area contributed by atoms with Crippen LogP contribution in [0, 0.1) is 24.2 Å². The monoisotopic (exact) mass is 465 g/mol. The molecule has 0 aromatic carbocycles. The quantitative estimate of drug-likeness (QED) is 0.277. The molecular formula is C21H27N3O7S. The van der Waals surface area contributed by atoms with E-state index in [1.54, 1.807) is 25.6 Å². The lowest BCUT2D eigenvalue weighted by Gasteiger charge is -2.46. The first kappa shape index (κ1) is 22.7. The molecule has 10 nitrogen and oxygen atoms in total. The fourth-order valence-corrected chi connectivity index (χ4v) is 6.17. The van der Waals surface area contributed by atoms with Gasteiger partial charge in [-0.1, -0.05) is 6.92 Å². The summed E-state index contributed by atoms with van der Waals surface area (Å²) in [6.07, 6.45) is 0.0373. The normalized spacial score (nSPS) is 28.1. The summed E-state index contributed by atoms with van der Waals surface area (Å²) in [4.78, 5) is 41.3. The highest BCUT2D eigenvalue weighted by Crippen LogP contribution is 2.52. The number of thioether (sulfide) groups is 1. The Bertz CT molecular complexity index is 1040. The third-order valence-electron chi connectivity index (χ3n) is 6.38. The van der Waals surface area contributed by atoms with Crippen molar-refractivity contribution in [3.05, 3.63) is 32.7 Å². The Balaban J connectivity index is 1.58. The molecule has 0 saturated carbocycles. The van der Waals surface area contributed by atoms with Crippen molar-refractivity contribution in [2.24, 2.45) is 11.8 Å². The van der Waals surface area contributed by atoms with Gasteiger partial charge >= 0.3 is 11.8 Å². The Kier molecular flexibility index (Phi) is 5.97. The van der Waals surface area contributed by atoms with Gasteiger partial charge in [0.05, 0.1) is 23.9 Å². The van der Waals surface area contributed by atoms with Crippen LogP contribution in [0.1, 0.15) is 38.7 Å². The van der Waals surface area contributed by atoms with E-state index < -0.39 is 23.8 Å². The number of rotatable bonds is 6. The summed E-state index contributed by atoms with van der Waals surface area (Å²) in [7, 11) is 0. The Morgan fingerprint density at radius 3 is 2.66 bits per heavy atom. The smallest absolute Gasteiger partial charge is 0.453 e. The van der Waals surface area contributed by atoms with Crippen molar-refractivity contribution >= 4 is 29.5 Å². The minimum atomic E-state index is -0.872. The van der Waals surface area contributed by atoms with E-state index in [4.69, 9.17) is 19.0 Å². The molecule has 4 rings (SSSR count). The van der Waals surface area contributed by atoms with E-state index in [1.807, 2.05) is 11.8 Å². The molecule has 4 heterocycles. The number of esters is 1. The molecule has 2 saturated heterocycles. The van der Waals surface area contributed by atoms with Crippen molar-refractivity contribution in [3.8, 4) is 0 Å². The van der Waals surface area contributed by atoms with Gasteiger partial charge in [-0.25, -0.2) is 9.59 Å². The second-order valence-corrected chi connectivity index (χ2v) is 9.88. The molecular weight excluding hydrogens is 438 g/mol. The first-order chi connectivity index (χ1) is 15.1. The number of aryl methyl sites for hydroxylation is 1. The van der Waals surface area contributed by atoms with Gasteiger partial charge in [0.15, 0.2) is 18.1 Å². The van der Waals surface area contributed by atoms with Crippen LogP contribution in [0.4, 0.5) is 0 Å². The summed E-state index contributed by atoms with van der Waals surface area (Å²) in [6, 6.07) is -0.303. The van der Waals surface area contributed by atoms with Crippen LogP contribution >= 0.6 is 11.8 Å². The Morgan fingerprint density at radius 2 is 2.09 bits per heavy atom. The molecule has 1 aromatic heterocycles. The SMILES string of the molecule is CC(=N)N1CCC(SC2=C(C(=O)OCc3oc(=O)oc3C)N3C(=O)C(C(C)O)[C@H]3C2C)C1. The largest absolute Gasteiger partial charge is 0.519 e. The Labute approximate surface area is 189 Å². The van der Waals surface area contributed by atoms with E-state index in [-0.39, 0.29) is 46.9 Å². The number of amides is 1. The van der Waals surface area contributed by atoms with Crippen LogP contribution in [0.5, 0.6) is 0 Å². The Hall–Kier alpha value is -2.53. The molecule has 2 N–H and O–H groups in total. The molecule has 1 aromatic rings. The van der Waals surface area contributed by atoms with Crippen molar-refractivity contribution in [1.29, 1.82) is 5.41 Å². The number of hydrogen-bond acceptors (Lipinski definition) is 9. The maximum Gasteiger partial charge on any atom is 0.519 e. The first-order valence-electron chi connectivity index (χ1n) is 10.6. The number of nitrogens with one attached hydrogen (secondary N) is 1. The average Bonchev–Trinajstić information content (AvgIpc) is 3.36. The summed E-state index contributed by atoms with van der Waals surface area (Å²) >= 11 is 1.55. The van der Waals surface area contributed by atoms with Crippen molar-refractivity contribution in [3.63, 3.8) is 0 Å².